The molecule has 2 aromatic carbocycles. The van der Waals surface area contributed by atoms with Crippen molar-refractivity contribution in [3.8, 4) is 5.75 Å². The summed E-state index contributed by atoms with van der Waals surface area (Å²) in [4.78, 5) is 11.8. The lowest BCUT2D eigenvalue weighted by molar-refractivity contribution is -0.137. The van der Waals surface area contributed by atoms with Crippen molar-refractivity contribution in [3.63, 3.8) is 0 Å². The molecule has 3 N–H and O–H groups in total. The molecule has 0 saturated heterocycles. The summed E-state index contributed by atoms with van der Waals surface area (Å²) in [6.45, 7) is 0.461. The summed E-state index contributed by atoms with van der Waals surface area (Å²) in [5, 5.41) is 2.58. The number of anilines is 1. The van der Waals surface area contributed by atoms with Crippen LogP contribution in [-0.2, 0) is 11.0 Å². The minimum absolute atomic E-state index is 0.0270. The molecule has 0 aromatic heterocycles. The number of hydrogen-bond acceptors (Lipinski definition) is 4. The minimum Gasteiger partial charge on any atom is -0.435 e. The number of carbonyl (C=O) groups excluding carboxylic acids is 1. The van der Waals surface area contributed by atoms with E-state index in [1.165, 1.54) is 36.4 Å². The Morgan fingerprint density at radius 3 is 2.36 bits per heavy atom. The Balaban J connectivity index is 1.81. The molecule has 0 aliphatic heterocycles. The first-order valence-corrected chi connectivity index (χ1v) is 7.85. The van der Waals surface area contributed by atoms with Crippen molar-refractivity contribution in [3.05, 3.63) is 66.2 Å². The van der Waals surface area contributed by atoms with Crippen LogP contribution in [0.4, 0.5) is 27.6 Å². The first kappa shape index (κ1) is 21.0. The Morgan fingerprint density at radius 1 is 1.07 bits per heavy atom. The Labute approximate surface area is 157 Å². The number of hydrogen-bond donors (Lipinski definition) is 3. The number of rotatable bonds is 8. The van der Waals surface area contributed by atoms with Crippen LogP contribution < -0.4 is 20.9 Å². The Morgan fingerprint density at radius 2 is 1.75 bits per heavy atom. The van der Waals surface area contributed by atoms with Gasteiger partial charge in [0.05, 0.1) is 17.8 Å². The fraction of sp³-hybridized carbons (Fsp3) is 0.167. The van der Waals surface area contributed by atoms with Gasteiger partial charge < -0.3 is 10.1 Å². The Hall–Kier alpha value is -3.30. The van der Waals surface area contributed by atoms with Crippen molar-refractivity contribution in [2.75, 3.05) is 11.9 Å². The molecule has 1 amide bonds. The number of hydrazine groups is 1. The van der Waals surface area contributed by atoms with Crippen LogP contribution >= 0.6 is 0 Å². The van der Waals surface area contributed by atoms with E-state index in [2.05, 4.69) is 27.5 Å². The summed E-state index contributed by atoms with van der Waals surface area (Å²) < 4.78 is 66.4. The van der Waals surface area contributed by atoms with Gasteiger partial charge in [-0.1, -0.05) is 12.6 Å². The maximum atomic E-state index is 12.7. The van der Waals surface area contributed by atoms with E-state index in [-0.39, 0.29) is 23.7 Å². The predicted octanol–water partition coefficient (Wildman–Crippen LogP) is 4.01. The Bertz CT molecular complexity index is 823. The largest absolute Gasteiger partial charge is 0.435 e. The van der Waals surface area contributed by atoms with Gasteiger partial charge in [-0.15, -0.1) is 0 Å². The first-order chi connectivity index (χ1) is 13.1. The number of halogens is 5. The second-order valence-corrected chi connectivity index (χ2v) is 5.49. The van der Waals surface area contributed by atoms with Gasteiger partial charge in [0.1, 0.15) is 5.75 Å². The standard InChI is InChI=1S/C18H16F5N3O2/c1-11(12-5-7-15(8-6-12)28-17(19)20)25-26-16(27)10-24-14-4-2-3-13(9-14)18(21,22)23/h2-9,17,24-25H,1,10H2,(H,26,27). The lowest BCUT2D eigenvalue weighted by atomic mass is 10.2. The highest BCUT2D eigenvalue weighted by Gasteiger charge is 2.30. The van der Waals surface area contributed by atoms with Crippen molar-refractivity contribution in [1.29, 1.82) is 0 Å². The molecule has 0 spiro atoms. The van der Waals surface area contributed by atoms with Crippen LogP contribution in [0.3, 0.4) is 0 Å². The Kier molecular flexibility index (Phi) is 6.80. The topological polar surface area (TPSA) is 62.4 Å². The quantitative estimate of drug-likeness (QED) is 0.462. The van der Waals surface area contributed by atoms with E-state index in [0.29, 0.717) is 5.56 Å². The second kappa shape index (κ2) is 9.07. The lowest BCUT2D eigenvalue weighted by Crippen LogP contribution is -2.39. The van der Waals surface area contributed by atoms with Crippen molar-refractivity contribution in [1.82, 2.24) is 10.9 Å². The normalized spacial score (nSPS) is 11.1. The number of carbonyl (C=O) groups is 1. The maximum Gasteiger partial charge on any atom is 0.416 e. The molecule has 5 nitrogen and oxygen atoms in total. The van der Waals surface area contributed by atoms with Crippen LogP contribution in [0.1, 0.15) is 11.1 Å². The molecule has 0 bridgehead atoms. The van der Waals surface area contributed by atoms with E-state index in [0.717, 1.165) is 12.1 Å². The van der Waals surface area contributed by atoms with Gasteiger partial charge in [-0.2, -0.15) is 22.0 Å². The molecule has 2 rings (SSSR count). The van der Waals surface area contributed by atoms with Crippen LogP contribution in [0, 0.1) is 0 Å². The second-order valence-electron chi connectivity index (χ2n) is 5.49. The fourth-order valence-electron chi connectivity index (χ4n) is 2.09. The summed E-state index contributed by atoms with van der Waals surface area (Å²) in [6.07, 6.45) is -4.48. The highest BCUT2D eigenvalue weighted by Crippen LogP contribution is 2.30. The lowest BCUT2D eigenvalue weighted by Gasteiger charge is -2.13. The molecule has 0 atom stereocenters. The minimum atomic E-state index is -4.48. The predicted molar refractivity (Wildman–Crippen MR) is 93.3 cm³/mol. The average Bonchev–Trinajstić information content (AvgIpc) is 2.64. The van der Waals surface area contributed by atoms with Crippen LogP contribution in [0.2, 0.25) is 0 Å². The third-order valence-electron chi connectivity index (χ3n) is 3.42. The van der Waals surface area contributed by atoms with Gasteiger partial charge >= 0.3 is 12.8 Å². The molecular weight excluding hydrogens is 385 g/mol. The molecule has 150 valence electrons. The molecule has 0 aliphatic rings. The third kappa shape index (κ3) is 6.45. The third-order valence-corrected chi connectivity index (χ3v) is 3.42. The van der Waals surface area contributed by atoms with E-state index in [4.69, 9.17) is 0 Å². The SMILES string of the molecule is C=C(NNC(=O)CNc1cccc(C(F)(F)F)c1)c1ccc(OC(F)F)cc1. The zero-order valence-corrected chi connectivity index (χ0v) is 14.3. The molecular formula is C18H16F5N3O2. The monoisotopic (exact) mass is 401 g/mol. The molecule has 10 heteroatoms. The van der Waals surface area contributed by atoms with Crippen LogP contribution in [0.15, 0.2) is 55.1 Å². The van der Waals surface area contributed by atoms with Crippen LogP contribution in [0.5, 0.6) is 5.75 Å². The van der Waals surface area contributed by atoms with E-state index in [1.807, 2.05) is 0 Å². The smallest absolute Gasteiger partial charge is 0.416 e. The average molecular weight is 401 g/mol. The summed E-state index contributed by atoms with van der Waals surface area (Å²) in [7, 11) is 0. The molecule has 0 aliphatic carbocycles. The van der Waals surface area contributed by atoms with E-state index in [9.17, 15) is 26.7 Å². The summed E-state index contributed by atoms with van der Waals surface area (Å²) >= 11 is 0. The highest BCUT2D eigenvalue weighted by molar-refractivity contribution is 5.81. The number of nitrogens with one attached hydrogen (secondary N) is 3. The van der Waals surface area contributed by atoms with Gasteiger partial charge in [0, 0.05) is 5.69 Å². The van der Waals surface area contributed by atoms with Crippen molar-refractivity contribution in [2.45, 2.75) is 12.8 Å². The number of ether oxygens (including phenoxy) is 1. The molecule has 0 unspecified atom stereocenters. The van der Waals surface area contributed by atoms with E-state index < -0.39 is 24.3 Å². The van der Waals surface area contributed by atoms with Crippen molar-refractivity contribution < 1.29 is 31.5 Å². The number of alkyl halides is 5. The van der Waals surface area contributed by atoms with Crippen LogP contribution in [-0.4, -0.2) is 19.1 Å². The van der Waals surface area contributed by atoms with Crippen LogP contribution in [0.25, 0.3) is 5.70 Å². The van der Waals surface area contributed by atoms with Gasteiger partial charge in [-0.25, -0.2) is 0 Å². The molecule has 0 radical (unpaired) electrons. The molecule has 0 saturated carbocycles. The van der Waals surface area contributed by atoms with Gasteiger partial charge in [-0.3, -0.25) is 15.6 Å². The van der Waals surface area contributed by atoms with Crippen molar-refractivity contribution >= 4 is 17.3 Å². The number of amides is 1. The zero-order valence-electron chi connectivity index (χ0n) is 14.3. The van der Waals surface area contributed by atoms with E-state index >= 15 is 0 Å². The summed E-state index contributed by atoms with van der Waals surface area (Å²) in [5.41, 5.74) is 4.94. The highest BCUT2D eigenvalue weighted by atomic mass is 19.4. The van der Waals surface area contributed by atoms with Gasteiger partial charge in [0.2, 0.25) is 0 Å². The van der Waals surface area contributed by atoms with Gasteiger partial charge in [0.25, 0.3) is 5.91 Å². The first-order valence-electron chi connectivity index (χ1n) is 7.85. The summed E-state index contributed by atoms with van der Waals surface area (Å²) in [5.74, 6) is -0.586. The zero-order chi connectivity index (χ0) is 20.7. The van der Waals surface area contributed by atoms with Gasteiger partial charge in [-0.05, 0) is 48.0 Å². The molecule has 0 heterocycles. The fourth-order valence-corrected chi connectivity index (χ4v) is 2.09. The molecule has 28 heavy (non-hydrogen) atoms. The van der Waals surface area contributed by atoms with E-state index in [1.54, 1.807) is 0 Å². The summed E-state index contributed by atoms with van der Waals surface area (Å²) in [6, 6.07) is 9.98. The molecule has 2 aromatic rings. The maximum absolute atomic E-state index is 12.7. The number of benzene rings is 2. The molecule has 0 fully saturated rings. The van der Waals surface area contributed by atoms with Crippen molar-refractivity contribution in [2.24, 2.45) is 0 Å². The van der Waals surface area contributed by atoms with Gasteiger partial charge in [0.15, 0.2) is 0 Å².